The van der Waals surface area contributed by atoms with Crippen LogP contribution in [0.4, 0.5) is 0 Å². The Bertz CT molecular complexity index is 997. The van der Waals surface area contributed by atoms with Gasteiger partial charge < -0.3 is 15.0 Å². The van der Waals surface area contributed by atoms with Gasteiger partial charge in [-0.15, -0.1) is 0 Å². The van der Waals surface area contributed by atoms with Gasteiger partial charge in [0.2, 0.25) is 5.43 Å². The van der Waals surface area contributed by atoms with E-state index in [0.29, 0.717) is 21.6 Å². The molecule has 0 aliphatic rings. The van der Waals surface area contributed by atoms with Crippen molar-refractivity contribution in [2.45, 2.75) is 13.2 Å². The zero-order chi connectivity index (χ0) is 18.0. The quantitative estimate of drug-likeness (QED) is 0.748. The predicted octanol–water partition coefficient (Wildman–Crippen LogP) is 2.01. The van der Waals surface area contributed by atoms with Crippen LogP contribution in [0.15, 0.2) is 47.5 Å². The van der Waals surface area contributed by atoms with Crippen molar-refractivity contribution in [3.63, 3.8) is 0 Å². The fourth-order valence-corrected chi connectivity index (χ4v) is 2.68. The molecule has 3 rings (SSSR count). The number of nitrogens with zero attached hydrogens (tertiary/aromatic N) is 2. The molecule has 1 aromatic carbocycles. The number of fused-ring (bicyclic) bond motifs is 1. The lowest BCUT2D eigenvalue weighted by Crippen LogP contribution is -2.29. The molecule has 0 saturated carbocycles. The molecule has 2 aromatic heterocycles. The molecule has 3 aromatic rings. The molecule has 0 fully saturated rings. The van der Waals surface area contributed by atoms with Crippen LogP contribution in [0.2, 0.25) is 5.02 Å². The number of aryl methyl sites for hydroxylation is 1. The average Bonchev–Trinajstić information content (AvgIpc) is 2.63. The van der Waals surface area contributed by atoms with Crippen LogP contribution in [0.1, 0.15) is 21.6 Å². The summed E-state index contributed by atoms with van der Waals surface area (Å²) in [7, 11) is 1.73. The molecule has 7 heteroatoms. The summed E-state index contributed by atoms with van der Waals surface area (Å²) >= 11 is 5.83. The fraction of sp³-hybridized carbons (Fsp3) is 0.167. The van der Waals surface area contributed by atoms with Crippen molar-refractivity contribution >= 4 is 28.4 Å². The van der Waals surface area contributed by atoms with Crippen molar-refractivity contribution in [2.75, 3.05) is 0 Å². The van der Waals surface area contributed by atoms with Gasteiger partial charge in [-0.3, -0.25) is 14.6 Å². The highest BCUT2D eigenvalue weighted by molar-refractivity contribution is 6.30. The highest BCUT2D eigenvalue weighted by Crippen LogP contribution is 2.12. The molecule has 0 unspecified atom stereocenters. The molecule has 6 nitrogen and oxygen atoms in total. The molecule has 128 valence electrons. The van der Waals surface area contributed by atoms with Crippen LogP contribution in [-0.2, 0) is 20.2 Å². The third kappa shape index (κ3) is 3.55. The van der Waals surface area contributed by atoms with Gasteiger partial charge in [-0.25, -0.2) is 0 Å². The molecule has 0 bridgehead atoms. The summed E-state index contributed by atoms with van der Waals surface area (Å²) in [6.45, 7) is 0.0154. The Labute approximate surface area is 148 Å². The molecule has 0 radical (unpaired) electrons. The summed E-state index contributed by atoms with van der Waals surface area (Å²) in [6.07, 6.45) is 3.00. The van der Waals surface area contributed by atoms with Gasteiger partial charge in [-0.05, 0) is 23.8 Å². The Kier molecular flexibility index (Phi) is 4.83. The van der Waals surface area contributed by atoms with Crippen LogP contribution in [0, 0.1) is 0 Å². The Morgan fingerprint density at radius 2 is 2.04 bits per heavy atom. The number of pyridine rings is 2. The number of halogens is 1. The summed E-state index contributed by atoms with van der Waals surface area (Å²) < 4.78 is 1.67. The van der Waals surface area contributed by atoms with Crippen molar-refractivity contribution in [1.29, 1.82) is 0 Å². The number of hydrogen-bond acceptors (Lipinski definition) is 4. The van der Waals surface area contributed by atoms with Crippen LogP contribution in [0.25, 0.3) is 10.9 Å². The lowest BCUT2D eigenvalue weighted by atomic mass is 10.1. The predicted molar refractivity (Wildman–Crippen MR) is 95.5 cm³/mol. The molecule has 2 N–H and O–H groups in total. The average molecular weight is 358 g/mol. The summed E-state index contributed by atoms with van der Waals surface area (Å²) in [5.74, 6) is -0.459. The van der Waals surface area contributed by atoms with Gasteiger partial charge >= 0.3 is 0 Å². The highest BCUT2D eigenvalue weighted by atomic mass is 35.5. The van der Waals surface area contributed by atoms with E-state index in [9.17, 15) is 14.7 Å². The van der Waals surface area contributed by atoms with Crippen LogP contribution in [-0.4, -0.2) is 20.6 Å². The van der Waals surface area contributed by atoms with Gasteiger partial charge in [-0.1, -0.05) is 23.7 Å². The van der Waals surface area contributed by atoms with Gasteiger partial charge in [-0.2, -0.15) is 0 Å². The van der Waals surface area contributed by atoms with Crippen molar-refractivity contribution in [2.24, 2.45) is 7.05 Å². The van der Waals surface area contributed by atoms with Gasteiger partial charge in [0.1, 0.15) is 5.56 Å². The number of amides is 1. The first-order chi connectivity index (χ1) is 12.0. The van der Waals surface area contributed by atoms with Gasteiger partial charge in [0.15, 0.2) is 0 Å². The van der Waals surface area contributed by atoms with Gasteiger partial charge in [0.25, 0.3) is 5.91 Å². The highest BCUT2D eigenvalue weighted by Gasteiger charge is 2.15. The van der Waals surface area contributed by atoms with Gasteiger partial charge in [0.05, 0.1) is 24.0 Å². The lowest BCUT2D eigenvalue weighted by Gasteiger charge is -2.10. The topological polar surface area (TPSA) is 84.2 Å². The molecule has 25 heavy (non-hydrogen) atoms. The molecular formula is C18H16ClN3O3. The van der Waals surface area contributed by atoms with Crippen LogP contribution >= 0.6 is 11.6 Å². The number of benzene rings is 1. The molecule has 0 aliphatic heterocycles. The minimum atomic E-state index is -0.459. The zero-order valence-electron chi connectivity index (χ0n) is 13.5. The Hall–Kier alpha value is -2.70. The van der Waals surface area contributed by atoms with Crippen molar-refractivity contribution in [3.05, 3.63) is 74.8 Å². The van der Waals surface area contributed by atoms with E-state index in [1.54, 1.807) is 35.9 Å². The first-order valence-corrected chi connectivity index (χ1v) is 7.99. The monoisotopic (exact) mass is 357 g/mol. The second-order valence-corrected chi connectivity index (χ2v) is 6.08. The second-order valence-electron chi connectivity index (χ2n) is 5.64. The number of rotatable bonds is 4. The number of aromatic nitrogens is 2. The molecule has 0 aliphatic carbocycles. The van der Waals surface area contributed by atoms with E-state index in [1.807, 2.05) is 0 Å². The first kappa shape index (κ1) is 17.1. The molecule has 0 saturated heterocycles. The van der Waals surface area contributed by atoms with Crippen molar-refractivity contribution in [3.8, 4) is 0 Å². The summed E-state index contributed by atoms with van der Waals surface area (Å²) in [4.78, 5) is 29.1. The van der Waals surface area contributed by atoms with E-state index < -0.39 is 5.91 Å². The normalized spacial score (nSPS) is 10.8. The summed E-state index contributed by atoms with van der Waals surface area (Å²) in [6, 6.07) is 8.59. The number of nitrogens with one attached hydrogen (secondary N) is 1. The Morgan fingerprint density at radius 3 is 2.72 bits per heavy atom. The van der Waals surface area contributed by atoms with Gasteiger partial charge in [0, 0.05) is 30.2 Å². The number of carbonyl (C=O) groups excluding carboxylic acids is 1. The Morgan fingerprint density at radius 1 is 1.32 bits per heavy atom. The number of aliphatic hydroxyl groups is 1. The maximum atomic E-state index is 12.6. The van der Waals surface area contributed by atoms with E-state index >= 15 is 0 Å². The molecule has 0 spiro atoms. The molecular weight excluding hydrogens is 342 g/mol. The van der Waals surface area contributed by atoms with E-state index in [0.717, 1.165) is 5.56 Å². The largest absolute Gasteiger partial charge is 0.390 e. The zero-order valence-corrected chi connectivity index (χ0v) is 14.2. The summed E-state index contributed by atoms with van der Waals surface area (Å²) in [5.41, 5.74) is 1.50. The third-order valence-corrected chi connectivity index (χ3v) is 4.16. The van der Waals surface area contributed by atoms with E-state index in [1.165, 1.54) is 18.5 Å². The van der Waals surface area contributed by atoms with Crippen LogP contribution in [0.5, 0.6) is 0 Å². The smallest absolute Gasteiger partial charge is 0.257 e. The summed E-state index contributed by atoms with van der Waals surface area (Å²) in [5, 5.41) is 12.9. The first-order valence-electron chi connectivity index (χ1n) is 7.61. The maximum absolute atomic E-state index is 12.6. The second kappa shape index (κ2) is 7.04. The number of hydrogen-bond donors (Lipinski definition) is 2. The van der Waals surface area contributed by atoms with Crippen LogP contribution in [0.3, 0.4) is 0 Å². The minimum absolute atomic E-state index is 0.0408. The van der Waals surface area contributed by atoms with Crippen molar-refractivity contribution in [1.82, 2.24) is 14.9 Å². The molecule has 0 atom stereocenters. The Balaban J connectivity index is 1.91. The number of carbonyl (C=O) groups is 1. The molecule has 1 amide bonds. The SMILES string of the molecule is Cn1cc(C(=O)NCc2ccc(Cl)cc2)c(=O)c2cc(CO)ncc21. The van der Waals surface area contributed by atoms with Crippen LogP contribution < -0.4 is 10.7 Å². The third-order valence-electron chi connectivity index (χ3n) is 3.90. The molecule has 2 heterocycles. The van der Waals surface area contributed by atoms with E-state index in [4.69, 9.17) is 11.6 Å². The lowest BCUT2D eigenvalue weighted by molar-refractivity contribution is 0.0949. The van der Waals surface area contributed by atoms with Crippen molar-refractivity contribution < 1.29 is 9.90 Å². The van der Waals surface area contributed by atoms with E-state index in [-0.39, 0.29) is 24.1 Å². The minimum Gasteiger partial charge on any atom is -0.390 e. The maximum Gasteiger partial charge on any atom is 0.257 e. The fourth-order valence-electron chi connectivity index (χ4n) is 2.55. The number of aliphatic hydroxyl groups excluding tert-OH is 1. The van der Waals surface area contributed by atoms with E-state index in [2.05, 4.69) is 10.3 Å². The standard InChI is InChI=1S/C18H16ClN3O3/c1-22-9-15(17(24)14-6-13(10-23)20-8-16(14)22)18(25)21-7-11-2-4-12(19)5-3-11/h2-6,8-9,23H,7,10H2,1H3,(H,21,25).